The molecule has 0 atom stereocenters. The molecule has 0 radical (unpaired) electrons. The Balaban J connectivity index is 1.96. The van der Waals surface area contributed by atoms with Gasteiger partial charge in [0.05, 0.1) is 10.2 Å². The van der Waals surface area contributed by atoms with E-state index in [1.165, 1.54) is 16.4 Å². The van der Waals surface area contributed by atoms with Gasteiger partial charge in [-0.1, -0.05) is 12.1 Å². The molecule has 1 fully saturated rings. The lowest BCUT2D eigenvalue weighted by Gasteiger charge is -2.05. The second-order valence-electron chi connectivity index (χ2n) is 3.18. The summed E-state index contributed by atoms with van der Waals surface area (Å²) < 4.78 is 6.86. The molecule has 2 heteroatoms. The Morgan fingerprint density at radius 3 is 2.75 bits per heavy atom. The number of ether oxygens (including phenoxy) is 1. The number of hydrogen-bond acceptors (Lipinski definition) is 1. The van der Waals surface area contributed by atoms with Crippen LogP contribution in [-0.2, 0) is 0 Å². The predicted octanol–water partition coefficient (Wildman–Crippen LogP) is 3.08. The van der Waals surface area contributed by atoms with Gasteiger partial charge in [0.2, 0.25) is 0 Å². The maximum Gasteiger partial charge on any atom is 0.132 e. The number of halogens is 1. The van der Waals surface area contributed by atoms with Gasteiger partial charge in [-0.15, -0.1) is 0 Å². The Morgan fingerprint density at radius 2 is 2.08 bits per heavy atom. The minimum absolute atomic E-state index is 0.834. The average molecular weight is 274 g/mol. The van der Waals surface area contributed by atoms with Crippen LogP contribution in [0.25, 0.3) is 0 Å². The largest absolute Gasteiger partial charge is 0.492 e. The van der Waals surface area contributed by atoms with Gasteiger partial charge in [0.25, 0.3) is 0 Å². The highest BCUT2D eigenvalue weighted by Gasteiger charge is 2.22. The van der Waals surface area contributed by atoms with E-state index in [9.17, 15) is 0 Å². The Kier molecular flexibility index (Phi) is 2.54. The molecule has 1 aromatic rings. The molecule has 1 aliphatic carbocycles. The zero-order valence-corrected chi connectivity index (χ0v) is 8.95. The molecule has 12 heavy (non-hydrogen) atoms. The van der Waals surface area contributed by atoms with Gasteiger partial charge < -0.3 is 4.74 Å². The molecule has 2 rings (SSSR count). The van der Waals surface area contributed by atoms with Crippen LogP contribution in [-0.4, -0.2) is 6.61 Å². The minimum Gasteiger partial charge on any atom is -0.492 e. The van der Waals surface area contributed by atoms with E-state index >= 15 is 0 Å². The maximum absolute atomic E-state index is 5.65. The van der Waals surface area contributed by atoms with Gasteiger partial charge in [0.1, 0.15) is 5.75 Å². The summed E-state index contributed by atoms with van der Waals surface area (Å²) in [5.74, 6) is 1.87. The molecular formula is C10H11IO. The van der Waals surface area contributed by atoms with Crippen LogP contribution in [0.2, 0.25) is 0 Å². The molecule has 0 aromatic heterocycles. The summed E-state index contributed by atoms with van der Waals surface area (Å²) in [4.78, 5) is 0. The molecule has 0 aliphatic heterocycles. The lowest BCUT2D eigenvalue weighted by molar-refractivity contribution is 0.298. The Bertz CT molecular complexity index is 268. The van der Waals surface area contributed by atoms with Gasteiger partial charge in [-0.2, -0.15) is 0 Å². The third kappa shape index (κ3) is 2.12. The highest BCUT2D eigenvalue weighted by atomic mass is 127. The van der Waals surface area contributed by atoms with Crippen molar-refractivity contribution in [2.24, 2.45) is 5.92 Å². The fourth-order valence-corrected chi connectivity index (χ4v) is 1.60. The van der Waals surface area contributed by atoms with Gasteiger partial charge in [-0.25, -0.2) is 0 Å². The van der Waals surface area contributed by atoms with E-state index in [0.29, 0.717) is 0 Å². The van der Waals surface area contributed by atoms with E-state index in [1.54, 1.807) is 0 Å². The molecule has 1 aliphatic rings. The Labute approximate surface area is 86.3 Å². The first-order chi connectivity index (χ1) is 5.86. The average Bonchev–Trinajstić information content (AvgIpc) is 2.86. The lowest BCUT2D eigenvalue weighted by Crippen LogP contribution is -1.99. The molecule has 0 heterocycles. The Hall–Kier alpha value is -0.250. The quantitative estimate of drug-likeness (QED) is 0.770. The van der Waals surface area contributed by atoms with Gasteiger partial charge >= 0.3 is 0 Å². The smallest absolute Gasteiger partial charge is 0.132 e. The fraction of sp³-hybridized carbons (Fsp3) is 0.400. The van der Waals surface area contributed by atoms with E-state index in [0.717, 1.165) is 18.3 Å². The van der Waals surface area contributed by atoms with Crippen LogP contribution in [0.3, 0.4) is 0 Å². The van der Waals surface area contributed by atoms with Gasteiger partial charge in [-0.05, 0) is 53.5 Å². The summed E-state index contributed by atoms with van der Waals surface area (Å²) in [5, 5.41) is 0. The first-order valence-electron chi connectivity index (χ1n) is 4.23. The molecule has 1 saturated carbocycles. The van der Waals surface area contributed by atoms with Crippen molar-refractivity contribution in [3.05, 3.63) is 27.8 Å². The van der Waals surface area contributed by atoms with Crippen LogP contribution in [0, 0.1) is 9.49 Å². The van der Waals surface area contributed by atoms with Crippen molar-refractivity contribution in [1.82, 2.24) is 0 Å². The summed E-state index contributed by atoms with van der Waals surface area (Å²) in [6.07, 6.45) is 2.70. The van der Waals surface area contributed by atoms with E-state index < -0.39 is 0 Å². The second kappa shape index (κ2) is 3.64. The topological polar surface area (TPSA) is 9.23 Å². The molecule has 0 bridgehead atoms. The van der Waals surface area contributed by atoms with Crippen molar-refractivity contribution < 1.29 is 4.74 Å². The molecule has 0 saturated heterocycles. The molecule has 1 nitrogen and oxygen atoms in total. The first-order valence-corrected chi connectivity index (χ1v) is 5.31. The van der Waals surface area contributed by atoms with Gasteiger partial charge in [0, 0.05) is 0 Å². The van der Waals surface area contributed by atoms with Crippen molar-refractivity contribution in [2.75, 3.05) is 6.61 Å². The summed E-state index contributed by atoms with van der Waals surface area (Å²) in [5.41, 5.74) is 0. The normalized spacial score (nSPS) is 16.1. The number of rotatable bonds is 3. The van der Waals surface area contributed by atoms with Crippen LogP contribution in [0.5, 0.6) is 5.75 Å². The Morgan fingerprint density at radius 1 is 1.33 bits per heavy atom. The van der Waals surface area contributed by atoms with Crippen molar-refractivity contribution in [3.63, 3.8) is 0 Å². The first kappa shape index (κ1) is 8.35. The summed E-state index contributed by atoms with van der Waals surface area (Å²) >= 11 is 2.30. The van der Waals surface area contributed by atoms with Gasteiger partial charge in [0.15, 0.2) is 0 Å². The fourth-order valence-electron chi connectivity index (χ4n) is 1.05. The van der Waals surface area contributed by atoms with Crippen LogP contribution in [0.15, 0.2) is 24.3 Å². The van der Waals surface area contributed by atoms with Crippen molar-refractivity contribution in [1.29, 1.82) is 0 Å². The molecule has 0 spiro atoms. The molecule has 0 unspecified atom stereocenters. The predicted molar refractivity (Wildman–Crippen MR) is 57.4 cm³/mol. The van der Waals surface area contributed by atoms with Crippen LogP contribution < -0.4 is 4.74 Å². The van der Waals surface area contributed by atoms with E-state index in [4.69, 9.17) is 4.74 Å². The molecular weight excluding hydrogens is 263 g/mol. The summed E-state index contributed by atoms with van der Waals surface area (Å²) in [6, 6.07) is 8.16. The standard InChI is InChI=1S/C10H11IO/c11-9-3-1-2-4-10(9)12-7-8-5-6-8/h1-4,8H,5-7H2. The zero-order valence-electron chi connectivity index (χ0n) is 6.79. The summed E-state index contributed by atoms with van der Waals surface area (Å²) in [6.45, 7) is 0.903. The highest BCUT2D eigenvalue weighted by Crippen LogP contribution is 2.30. The number of hydrogen-bond donors (Lipinski definition) is 0. The van der Waals surface area contributed by atoms with E-state index in [1.807, 2.05) is 18.2 Å². The third-order valence-corrected chi connectivity index (χ3v) is 2.90. The second-order valence-corrected chi connectivity index (χ2v) is 4.35. The van der Waals surface area contributed by atoms with E-state index in [-0.39, 0.29) is 0 Å². The SMILES string of the molecule is Ic1ccccc1OCC1CC1. The van der Waals surface area contributed by atoms with Gasteiger partial charge in [-0.3, -0.25) is 0 Å². The third-order valence-electron chi connectivity index (χ3n) is 2.01. The van der Waals surface area contributed by atoms with Crippen LogP contribution in [0.1, 0.15) is 12.8 Å². The van der Waals surface area contributed by atoms with E-state index in [2.05, 4.69) is 28.7 Å². The van der Waals surface area contributed by atoms with Crippen LogP contribution in [0.4, 0.5) is 0 Å². The maximum atomic E-state index is 5.65. The monoisotopic (exact) mass is 274 g/mol. The lowest BCUT2D eigenvalue weighted by atomic mass is 10.3. The molecule has 0 N–H and O–H groups in total. The number of benzene rings is 1. The number of para-hydroxylation sites is 1. The van der Waals surface area contributed by atoms with Crippen molar-refractivity contribution >= 4 is 22.6 Å². The minimum atomic E-state index is 0.834. The molecule has 0 amide bonds. The van der Waals surface area contributed by atoms with Crippen LogP contribution >= 0.6 is 22.6 Å². The summed E-state index contributed by atoms with van der Waals surface area (Å²) in [7, 11) is 0. The van der Waals surface area contributed by atoms with Crippen molar-refractivity contribution in [3.8, 4) is 5.75 Å². The zero-order chi connectivity index (χ0) is 8.39. The molecule has 1 aromatic carbocycles. The highest BCUT2D eigenvalue weighted by molar-refractivity contribution is 14.1. The van der Waals surface area contributed by atoms with Crippen molar-refractivity contribution in [2.45, 2.75) is 12.8 Å². The molecule has 64 valence electrons.